The van der Waals surface area contributed by atoms with Crippen LogP contribution in [0.2, 0.25) is 0 Å². The number of benzene rings is 5. The standard InChI is InChI=1S/C35H26Br2N2O2S/c1-22-10-14-27(15-11-22)38-35-39(28-16-12-23(2)13-17-28)34(40)32(42-35)20-24-18-30(36)33(31(37)19-24)41-21-26-8-5-7-25-6-3-4-9-29(25)26/h3-20H,21H2,1-2H3/b32-20-,38-35?. The van der Waals surface area contributed by atoms with E-state index in [0.717, 1.165) is 42.6 Å². The number of amides is 1. The van der Waals surface area contributed by atoms with E-state index in [-0.39, 0.29) is 5.91 Å². The Morgan fingerprint density at radius 3 is 2.19 bits per heavy atom. The predicted molar refractivity (Wildman–Crippen MR) is 183 cm³/mol. The summed E-state index contributed by atoms with van der Waals surface area (Å²) >= 11 is 8.76. The smallest absolute Gasteiger partial charge is 0.271 e. The second-order valence-corrected chi connectivity index (χ2v) is 12.8. The number of carbonyl (C=O) groups is 1. The lowest BCUT2D eigenvalue weighted by atomic mass is 10.1. The van der Waals surface area contributed by atoms with Crippen molar-refractivity contribution in [2.24, 2.45) is 4.99 Å². The number of halogens is 2. The molecular weight excluding hydrogens is 672 g/mol. The van der Waals surface area contributed by atoms with Crippen molar-refractivity contribution >= 4 is 82.9 Å². The molecule has 0 radical (unpaired) electrons. The van der Waals surface area contributed by atoms with Gasteiger partial charge in [0.1, 0.15) is 12.4 Å². The molecule has 7 heteroatoms. The number of rotatable bonds is 6. The SMILES string of the molecule is Cc1ccc(N=C2S/C(=C\c3cc(Br)c(OCc4cccc5ccccc45)c(Br)c3)C(=O)N2c2ccc(C)cc2)cc1. The van der Waals surface area contributed by atoms with E-state index in [0.29, 0.717) is 22.4 Å². The molecule has 1 aliphatic heterocycles. The number of thioether (sulfide) groups is 1. The van der Waals surface area contributed by atoms with Crippen LogP contribution in [-0.2, 0) is 11.4 Å². The highest BCUT2D eigenvalue weighted by molar-refractivity contribution is 9.11. The van der Waals surface area contributed by atoms with Gasteiger partial charge in [0.05, 0.1) is 25.2 Å². The van der Waals surface area contributed by atoms with E-state index >= 15 is 0 Å². The molecule has 0 N–H and O–H groups in total. The molecule has 208 valence electrons. The molecule has 0 aliphatic carbocycles. The first-order valence-electron chi connectivity index (χ1n) is 13.4. The number of carbonyl (C=O) groups excluding carboxylic acids is 1. The van der Waals surface area contributed by atoms with Crippen LogP contribution in [0.25, 0.3) is 16.8 Å². The van der Waals surface area contributed by atoms with Crippen molar-refractivity contribution in [3.63, 3.8) is 0 Å². The summed E-state index contributed by atoms with van der Waals surface area (Å²) in [5, 5.41) is 2.97. The number of aryl methyl sites for hydroxylation is 2. The van der Waals surface area contributed by atoms with Gasteiger partial charge in [0.25, 0.3) is 5.91 Å². The van der Waals surface area contributed by atoms with Gasteiger partial charge in [-0.3, -0.25) is 9.69 Å². The zero-order valence-corrected chi connectivity index (χ0v) is 27.0. The minimum atomic E-state index is -0.113. The molecule has 5 aromatic carbocycles. The summed E-state index contributed by atoms with van der Waals surface area (Å²) in [6.07, 6.45) is 1.90. The number of fused-ring (bicyclic) bond motifs is 1. The second kappa shape index (κ2) is 12.3. The number of ether oxygens (including phenoxy) is 1. The van der Waals surface area contributed by atoms with Gasteiger partial charge in [0, 0.05) is 0 Å². The van der Waals surface area contributed by atoms with Crippen LogP contribution in [0, 0.1) is 13.8 Å². The molecule has 1 heterocycles. The van der Waals surface area contributed by atoms with Gasteiger partial charge in [0.15, 0.2) is 5.17 Å². The van der Waals surface area contributed by atoms with Crippen molar-refractivity contribution in [1.29, 1.82) is 0 Å². The zero-order chi connectivity index (χ0) is 29.2. The van der Waals surface area contributed by atoms with Crippen molar-refractivity contribution in [2.45, 2.75) is 20.5 Å². The Morgan fingerprint density at radius 1 is 0.833 bits per heavy atom. The van der Waals surface area contributed by atoms with Crippen LogP contribution in [0.3, 0.4) is 0 Å². The highest BCUT2D eigenvalue weighted by atomic mass is 79.9. The number of hydrogen-bond donors (Lipinski definition) is 0. The largest absolute Gasteiger partial charge is 0.487 e. The third kappa shape index (κ3) is 6.09. The third-order valence-electron chi connectivity index (χ3n) is 6.93. The Hall–Kier alpha value is -3.65. The minimum Gasteiger partial charge on any atom is -0.487 e. The molecular formula is C35H26Br2N2O2S. The van der Waals surface area contributed by atoms with Crippen molar-refractivity contribution in [1.82, 2.24) is 0 Å². The van der Waals surface area contributed by atoms with Gasteiger partial charge in [-0.2, -0.15) is 0 Å². The zero-order valence-electron chi connectivity index (χ0n) is 23.0. The summed E-state index contributed by atoms with van der Waals surface area (Å²) in [4.78, 5) is 20.9. The van der Waals surface area contributed by atoms with E-state index < -0.39 is 0 Å². The van der Waals surface area contributed by atoms with Gasteiger partial charge in [-0.15, -0.1) is 0 Å². The van der Waals surface area contributed by atoms with E-state index in [4.69, 9.17) is 9.73 Å². The maximum absolute atomic E-state index is 13.8. The highest BCUT2D eigenvalue weighted by Crippen LogP contribution is 2.40. The fraction of sp³-hybridized carbons (Fsp3) is 0.0857. The number of hydrogen-bond acceptors (Lipinski definition) is 4. The molecule has 0 aromatic heterocycles. The summed E-state index contributed by atoms with van der Waals surface area (Å²) < 4.78 is 7.86. The molecule has 0 unspecified atom stereocenters. The van der Waals surface area contributed by atoms with E-state index in [2.05, 4.69) is 56.1 Å². The van der Waals surface area contributed by atoms with Crippen molar-refractivity contribution < 1.29 is 9.53 Å². The van der Waals surface area contributed by atoms with Crippen LogP contribution < -0.4 is 9.64 Å². The molecule has 4 nitrogen and oxygen atoms in total. The van der Waals surface area contributed by atoms with Gasteiger partial charge < -0.3 is 4.74 Å². The Labute approximate surface area is 266 Å². The van der Waals surface area contributed by atoms with Crippen LogP contribution in [0.1, 0.15) is 22.3 Å². The number of anilines is 1. The van der Waals surface area contributed by atoms with Gasteiger partial charge in [-0.1, -0.05) is 77.9 Å². The monoisotopic (exact) mass is 696 g/mol. The fourth-order valence-corrected chi connectivity index (χ4v) is 7.17. The van der Waals surface area contributed by atoms with Gasteiger partial charge in [-0.25, -0.2) is 4.99 Å². The maximum Gasteiger partial charge on any atom is 0.271 e. The number of aliphatic imine (C=N–C) groups is 1. The van der Waals surface area contributed by atoms with Crippen LogP contribution >= 0.6 is 43.6 Å². The topological polar surface area (TPSA) is 41.9 Å². The van der Waals surface area contributed by atoms with Crippen molar-refractivity contribution in [2.75, 3.05) is 4.90 Å². The van der Waals surface area contributed by atoms with Crippen LogP contribution in [0.5, 0.6) is 5.75 Å². The molecule has 0 atom stereocenters. The average molecular weight is 698 g/mol. The summed E-state index contributed by atoms with van der Waals surface area (Å²) in [7, 11) is 0. The predicted octanol–water partition coefficient (Wildman–Crippen LogP) is 10.4. The van der Waals surface area contributed by atoms with Gasteiger partial charge >= 0.3 is 0 Å². The lowest BCUT2D eigenvalue weighted by Gasteiger charge is -2.16. The molecule has 0 bridgehead atoms. The summed E-state index contributed by atoms with van der Waals surface area (Å²) in [6, 6.07) is 34.4. The first kappa shape index (κ1) is 28.5. The van der Waals surface area contributed by atoms with Crippen molar-refractivity contribution in [3.8, 4) is 5.75 Å². The third-order valence-corrected chi connectivity index (χ3v) is 9.07. The molecule has 5 aromatic rings. The van der Waals surface area contributed by atoms with E-state index in [1.54, 1.807) is 4.90 Å². The summed E-state index contributed by atoms with van der Waals surface area (Å²) in [6.45, 7) is 4.50. The number of amidine groups is 1. The molecule has 6 rings (SSSR count). The van der Waals surface area contributed by atoms with Crippen LogP contribution in [0.15, 0.2) is 122 Å². The minimum absolute atomic E-state index is 0.113. The van der Waals surface area contributed by atoms with E-state index in [1.165, 1.54) is 22.5 Å². The molecule has 1 amide bonds. The number of nitrogens with zero attached hydrogens (tertiary/aromatic N) is 2. The van der Waals surface area contributed by atoms with E-state index in [9.17, 15) is 4.79 Å². The molecule has 0 spiro atoms. The van der Waals surface area contributed by atoms with Gasteiger partial charge in [0.2, 0.25) is 0 Å². The van der Waals surface area contributed by atoms with Crippen LogP contribution in [-0.4, -0.2) is 11.1 Å². The first-order chi connectivity index (χ1) is 20.4. The fourth-order valence-electron chi connectivity index (χ4n) is 4.72. The first-order valence-corrected chi connectivity index (χ1v) is 15.8. The van der Waals surface area contributed by atoms with Crippen molar-refractivity contribution in [3.05, 3.63) is 139 Å². The normalized spacial score (nSPS) is 15.2. The summed E-state index contributed by atoms with van der Waals surface area (Å²) in [5.41, 5.74) is 5.85. The second-order valence-electron chi connectivity index (χ2n) is 10.1. The highest BCUT2D eigenvalue weighted by Gasteiger charge is 2.34. The van der Waals surface area contributed by atoms with Gasteiger partial charge in [-0.05, 0) is 122 Å². The Balaban J connectivity index is 1.29. The van der Waals surface area contributed by atoms with Crippen LogP contribution in [0.4, 0.5) is 11.4 Å². The summed E-state index contributed by atoms with van der Waals surface area (Å²) in [5.74, 6) is 0.594. The molecule has 42 heavy (non-hydrogen) atoms. The Morgan fingerprint density at radius 2 is 1.48 bits per heavy atom. The maximum atomic E-state index is 13.8. The molecule has 1 fully saturated rings. The molecule has 1 aliphatic rings. The lowest BCUT2D eigenvalue weighted by Crippen LogP contribution is -2.28. The molecule has 0 saturated carbocycles. The lowest BCUT2D eigenvalue weighted by molar-refractivity contribution is -0.113. The van der Waals surface area contributed by atoms with E-state index in [1.807, 2.05) is 98.8 Å². The Bertz CT molecular complexity index is 1840. The average Bonchev–Trinajstić information content (AvgIpc) is 3.28. The molecule has 1 saturated heterocycles. The quantitative estimate of drug-likeness (QED) is 0.166. The Kier molecular flexibility index (Phi) is 8.34.